The first-order valence-electron chi connectivity index (χ1n) is 11.6. The Hall–Kier alpha value is -3.08. The number of rotatable bonds is 5. The molecule has 2 aromatic heterocycles. The number of β-amino-alcohol motifs (C(OH)–C–C–N with tert-alkyl or cyclic N) is 1. The van der Waals surface area contributed by atoms with Crippen LogP contribution < -0.4 is 20.3 Å². The molecule has 0 radical (unpaired) electrons. The van der Waals surface area contributed by atoms with E-state index in [2.05, 4.69) is 20.2 Å². The summed E-state index contributed by atoms with van der Waals surface area (Å²) in [5, 5.41) is 15.0. The number of ether oxygens (including phenoxy) is 2. The summed E-state index contributed by atoms with van der Waals surface area (Å²) in [6.45, 7) is 3.54. The van der Waals surface area contributed by atoms with E-state index in [1.807, 2.05) is 6.07 Å². The molecule has 3 aliphatic rings. The molecule has 1 fully saturated rings. The number of nitrogens with zero attached hydrogens (tertiary/aromatic N) is 4. The van der Waals surface area contributed by atoms with Crippen molar-refractivity contribution in [2.45, 2.75) is 37.6 Å². The molecule has 3 aromatic rings. The van der Waals surface area contributed by atoms with E-state index < -0.39 is 11.4 Å². The van der Waals surface area contributed by atoms with Gasteiger partial charge in [-0.05, 0) is 38.1 Å². The van der Waals surface area contributed by atoms with Crippen molar-refractivity contribution < 1.29 is 19.0 Å². The van der Waals surface area contributed by atoms with Crippen LogP contribution in [0.15, 0.2) is 35.4 Å². The number of aromatic nitrogens is 3. The van der Waals surface area contributed by atoms with Gasteiger partial charge in [-0.1, -0.05) is 0 Å². The molecular weight excluding hydrogens is 441 g/mol. The standard InChI is InChI=1S/C24H26FN5O4/c25-17-1-2-18-23-22(17)24(32,14-30(23)21(31)12-28-18)13-29-5-3-15(4-6-29)26-10-16-9-19-20(11-27-16)34-8-7-33-19/h1-2,9,11-12,15,26,32H,3-8,10,13-14H2/t24-/m0/s1. The first kappa shape index (κ1) is 21.5. The van der Waals surface area contributed by atoms with E-state index in [0.29, 0.717) is 42.6 Å². The minimum Gasteiger partial charge on any atom is -0.486 e. The van der Waals surface area contributed by atoms with Crippen LogP contribution in [0.3, 0.4) is 0 Å². The van der Waals surface area contributed by atoms with Gasteiger partial charge in [0.25, 0.3) is 5.56 Å². The zero-order valence-electron chi connectivity index (χ0n) is 18.7. The van der Waals surface area contributed by atoms with E-state index in [0.717, 1.165) is 37.4 Å². The van der Waals surface area contributed by atoms with Crippen molar-refractivity contribution in [3.8, 4) is 11.5 Å². The zero-order chi connectivity index (χ0) is 23.3. The molecule has 178 valence electrons. The highest BCUT2D eigenvalue weighted by atomic mass is 19.1. The van der Waals surface area contributed by atoms with Gasteiger partial charge in [0.15, 0.2) is 11.5 Å². The molecule has 9 nitrogen and oxygen atoms in total. The molecule has 1 saturated heterocycles. The van der Waals surface area contributed by atoms with Crippen LogP contribution in [0.1, 0.15) is 24.1 Å². The first-order valence-corrected chi connectivity index (χ1v) is 11.6. The molecule has 6 rings (SSSR count). The predicted octanol–water partition coefficient (Wildman–Crippen LogP) is 1.16. The lowest BCUT2D eigenvalue weighted by Crippen LogP contribution is -2.48. The molecular formula is C24H26FN5O4. The van der Waals surface area contributed by atoms with Crippen LogP contribution in [0.5, 0.6) is 11.5 Å². The summed E-state index contributed by atoms with van der Waals surface area (Å²) in [6.07, 6.45) is 4.71. The lowest BCUT2D eigenvalue weighted by Gasteiger charge is -2.37. The van der Waals surface area contributed by atoms with Crippen molar-refractivity contribution in [2.75, 3.05) is 32.8 Å². The van der Waals surface area contributed by atoms with Gasteiger partial charge in [-0.3, -0.25) is 14.7 Å². The van der Waals surface area contributed by atoms with E-state index in [1.165, 1.54) is 16.8 Å². The minimum absolute atomic E-state index is 0.0368. The second kappa shape index (κ2) is 8.30. The van der Waals surface area contributed by atoms with Gasteiger partial charge in [0.1, 0.15) is 24.6 Å². The van der Waals surface area contributed by atoms with Gasteiger partial charge >= 0.3 is 0 Å². The van der Waals surface area contributed by atoms with Gasteiger partial charge in [0.2, 0.25) is 0 Å². The fraction of sp³-hybridized carbons (Fsp3) is 0.458. The van der Waals surface area contributed by atoms with Crippen molar-refractivity contribution in [1.82, 2.24) is 24.8 Å². The number of hydrogen-bond donors (Lipinski definition) is 2. The van der Waals surface area contributed by atoms with Crippen LogP contribution in [0, 0.1) is 5.82 Å². The Bertz CT molecular complexity index is 1310. The van der Waals surface area contributed by atoms with Crippen molar-refractivity contribution in [1.29, 1.82) is 0 Å². The van der Waals surface area contributed by atoms with Crippen LogP contribution in [0.25, 0.3) is 11.0 Å². The van der Waals surface area contributed by atoms with Crippen molar-refractivity contribution in [3.05, 3.63) is 58.0 Å². The van der Waals surface area contributed by atoms with Gasteiger partial charge < -0.3 is 24.5 Å². The topological polar surface area (TPSA) is 102 Å². The third kappa shape index (κ3) is 3.71. The number of halogens is 1. The van der Waals surface area contributed by atoms with Gasteiger partial charge in [0.05, 0.1) is 35.7 Å². The molecule has 10 heteroatoms. The molecule has 0 saturated carbocycles. The lowest BCUT2D eigenvalue weighted by molar-refractivity contribution is -0.0159. The maximum Gasteiger partial charge on any atom is 0.269 e. The van der Waals surface area contributed by atoms with Crippen LogP contribution in [0.2, 0.25) is 0 Å². The second-order valence-electron chi connectivity index (χ2n) is 9.25. The molecule has 0 unspecified atom stereocenters. The smallest absolute Gasteiger partial charge is 0.269 e. The first-order chi connectivity index (χ1) is 16.5. The number of hydrogen-bond acceptors (Lipinski definition) is 8. The molecule has 5 heterocycles. The average Bonchev–Trinajstić information content (AvgIpc) is 3.17. The molecule has 3 aliphatic heterocycles. The van der Waals surface area contributed by atoms with Crippen LogP contribution >= 0.6 is 0 Å². The average molecular weight is 468 g/mol. The fourth-order valence-electron chi connectivity index (χ4n) is 5.31. The van der Waals surface area contributed by atoms with Crippen LogP contribution in [-0.4, -0.2) is 63.4 Å². The highest BCUT2D eigenvalue weighted by Crippen LogP contribution is 2.38. The van der Waals surface area contributed by atoms with Gasteiger partial charge in [-0.15, -0.1) is 0 Å². The monoisotopic (exact) mass is 467 g/mol. The highest BCUT2D eigenvalue weighted by molar-refractivity contribution is 5.81. The largest absolute Gasteiger partial charge is 0.486 e. The Kier molecular flexibility index (Phi) is 5.23. The Balaban J connectivity index is 1.09. The summed E-state index contributed by atoms with van der Waals surface area (Å²) < 4.78 is 27.4. The third-order valence-electron chi connectivity index (χ3n) is 6.97. The van der Waals surface area contributed by atoms with Gasteiger partial charge in [0, 0.05) is 30.8 Å². The SMILES string of the molecule is O=c1cnc2ccc(F)c3c2n1C[C@@]3(O)CN1CCC(NCc2cc3c(cn2)OCCO3)CC1. The normalized spacial score (nSPS) is 22.4. The summed E-state index contributed by atoms with van der Waals surface area (Å²) in [5.41, 5.74) is 0.202. The molecule has 0 bridgehead atoms. The molecule has 0 aliphatic carbocycles. The Morgan fingerprint density at radius 2 is 1.94 bits per heavy atom. The minimum atomic E-state index is -1.46. The number of fused-ring (bicyclic) bond motifs is 1. The third-order valence-corrected chi connectivity index (χ3v) is 6.97. The predicted molar refractivity (Wildman–Crippen MR) is 121 cm³/mol. The summed E-state index contributed by atoms with van der Waals surface area (Å²) >= 11 is 0. The fourth-order valence-corrected chi connectivity index (χ4v) is 5.31. The number of nitrogens with one attached hydrogen (secondary N) is 1. The molecule has 1 atom stereocenters. The van der Waals surface area contributed by atoms with E-state index in [4.69, 9.17) is 9.47 Å². The second-order valence-corrected chi connectivity index (χ2v) is 9.25. The molecule has 0 amide bonds. The van der Waals surface area contributed by atoms with Crippen LogP contribution in [0.4, 0.5) is 4.39 Å². The van der Waals surface area contributed by atoms with Crippen molar-refractivity contribution >= 4 is 11.0 Å². The van der Waals surface area contributed by atoms with E-state index in [9.17, 15) is 14.3 Å². The number of piperidine rings is 1. The summed E-state index contributed by atoms with van der Waals surface area (Å²) in [5.74, 6) is 0.910. The Morgan fingerprint density at radius 1 is 1.15 bits per heavy atom. The number of aliphatic hydroxyl groups is 1. The summed E-state index contributed by atoms with van der Waals surface area (Å²) in [6, 6.07) is 5.09. The molecule has 1 aromatic carbocycles. The quantitative estimate of drug-likeness (QED) is 0.577. The summed E-state index contributed by atoms with van der Waals surface area (Å²) in [4.78, 5) is 23.0. The number of likely N-dealkylation sites (tertiary alicyclic amines) is 1. The van der Waals surface area contributed by atoms with Gasteiger partial charge in [-0.25, -0.2) is 9.37 Å². The zero-order valence-corrected chi connectivity index (χ0v) is 18.7. The van der Waals surface area contributed by atoms with Crippen LogP contribution in [-0.2, 0) is 18.7 Å². The lowest BCUT2D eigenvalue weighted by atomic mass is 9.93. The van der Waals surface area contributed by atoms with Crippen molar-refractivity contribution in [3.63, 3.8) is 0 Å². The highest BCUT2D eigenvalue weighted by Gasteiger charge is 2.43. The number of pyridine rings is 1. The maximum atomic E-state index is 14.8. The molecule has 34 heavy (non-hydrogen) atoms. The summed E-state index contributed by atoms with van der Waals surface area (Å²) in [7, 11) is 0. The van der Waals surface area contributed by atoms with Crippen molar-refractivity contribution in [2.24, 2.45) is 0 Å². The number of benzene rings is 1. The van der Waals surface area contributed by atoms with Gasteiger partial charge in [-0.2, -0.15) is 0 Å². The molecule has 2 N–H and O–H groups in total. The van der Waals surface area contributed by atoms with E-state index in [1.54, 1.807) is 12.3 Å². The Morgan fingerprint density at radius 3 is 2.76 bits per heavy atom. The maximum absolute atomic E-state index is 14.8. The van der Waals surface area contributed by atoms with E-state index >= 15 is 0 Å². The molecule has 0 spiro atoms. The Labute approximate surface area is 195 Å². The van der Waals surface area contributed by atoms with E-state index in [-0.39, 0.29) is 24.2 Å².